The van der Waals surface area contributed by atoms with E-state index in [1.54, 1.807) is 0 Å². The maximum Gasteiger partial charge on any atom is 0.0363 e. The van der Waals surface area contributed by atoms with Gasteiger partial charge in [0, 0.05) is 1.37 Å². The Morgan fingerprint density at radius 3 is 1.85 bits per heavy atom. The van der Waals surface area contributed by atoms with Crippen LogP contribution in [-0.4, -0.2) is 0 Å². The van der Waals surface area contributed by atoms with Gasteiger partial charge >= 0.3 is 0 Å². The highest BCUT2D eigenvalue weighted by Gasteiger charge is 2.50. The molecule has 0 aliphatic heterocycles. The minimum atomic E-state index is -0.548. The topological polar surface area (TPSA) is 0 Å². The molecule has 0 unspecified atom stereocenters. The minimum absolute atomic E-state index is 0.0417. The van der Waals surface area contributed by atoms with Crippen molar-refractivity contribution in [3.63, 3.8) is 0 Å². The number of aryl methyl sites for hydroxylation is 2. The largest absolute Gasteiger partial charge is 0.0599 e. The standard InChI is InChI=1S/C20H32/c1-14-9-10-16(11-15(14)2)17-19(5,6)12-18(3,4)13-20(17,7)8/h9-11,17H,12-13H2,1-8H3/i17D. The Morgan fingerprint density at radius 2 is 1.40 bits per heavy atom. The van der Waals surface area contributed by atoms with Gasteiger partial charge in [0.2, 0.25) is 0 Å². The lowest BCUT2D eigenvalue weighted by Gasteiger charge is -2.56. The van der Waals surface area contributed by atoms with Crippen LogP contribution in [-0.2, 0) is 0 Å². The van der Waals surface area contributed by atoms with Gasteiger partial charge in [0.1, 0.15) is 0 Å². The van der Waals surface area contributed by atoms with Crippen LogP contribution in [0.4, 0.5) is 0 Å². The second kappa shape index (κ2) is 4.61. The van der Waals surface area contributed by atoms with Gasteiger partial charge in [0.25, 0.3) is 0 Å². The molecule has 0 spiro atoms. The van der Waals surface area contributed by atoms with Crippen LogP contribution in [0.2, 0.25) is 0 Å². The monoisotopic (exact) mass is 273 g/mol. The van der Waals surface area contributed by atoms with Gasteiger partial charge in [0.15, 0.2) is 0 Å². The summed E-state index contributed by atoms with van der Waals surface area (Å²) in [5.41, 5.74) is 4.03. The minimum Gasteiger partial charge on any atom is -0.0599 e. The predicted octanol–water partition coefficient (Wildman–Crippen LogP) is 6.26. The smallest absolute Gasteiger partial charge is 0.0363 e. The molecule has 0 saturated heterocycles. The highest BCUT2D eigenvalue weighted by Crippen LogP contribution is 2.61. The van der Waals surface area contributed by atoms with E-state index in [4.69, 9.17) is 0 Å². The summed E-state index contributed by atoms with van der Waals surface area (Å²) < 4.78 is 9.51. The summed E-state index contributed by atoms with van der Waals surface area (Å²) in [6.07, 6.45) is 2.19. The summed E-state index contributed by atoms with van der Waals surface area (Å²) in [5.74, 6) is -0.548. The van der Waals surface area contributed by atoms with E-state index in [-0.39, 0.29) is 10.8 Å². The Kier molecular flexibility index (Phi) is 3.27. The molecule has 0 radical (unpaired) electrons. The zero-order valence-electron chi connectivity index (χ0n) is 15.6. The summed E-state index contributed by atoms with van der Waals surface area (Å²) in [7, 11) is 0. The zero-order valence-corrected chi connectivity index (χ0v) is 14.6. The Bertz CT molecular complexity index is 529. The lowest BCUT2D eigenvalue weighted by molar-refractivity contribution is -0.00954. The number of hydrogen-bond donors (Lipinski definition) is 0. The quantitative estimate of drug-likeness (QED) is 0.566. The normalized spacial score (nSPS) is 26.9. The highest BCUT2D eigenvalue weighted by molar-refractivity contribution is 5.34. The Labute approximate surface area is 127 Å². The van der Waals surface area contributed by atoms with E-state index >= 15 is 0 Å². The van der Waals surface area contributed by atoms with Gasteiger partial charge in [-0.25, -0.2) is 0 Å². The fourth-order valence-corrected chi connectivity index (χ4v) is 5.23. The molecule has 1 fully saturated rings. The Balaban J connectivity index is 2.64. The lowest BCUT2D eigenvalue weighted by Crippen LogP contribution is -2.45. The van der Waals surface area contributed by atoms with Gasteiger partial charge < -0.3 is 0 Å². The van der Waals surface area contributed by atoms with Crippen LogP contribution in [0.1, 0.15) is 78.3 Å². The van der Waals surface area contributed by atoms with Crippen molar-refractivity contribution in [2.24, 2.45) is 16.2 Å². The molecule has 0 aromatic heterocycles. The maximum absolute atomic E-state index is 9.51. The van der Waals surface area contributed by atoms with Crippen LogP contribution in [0.25, 0.3) is 0 Å². The SMILES string of the molecule is [2H]C1(c2ccc(C)c(C)c2)C(C)(C)CC(C)(C)CC1(C)C. The highest BCUT2D eigenvalue weighted by atomic mass is 14.5. The Hall–Kier alpha value is -0.780. The van der Waals surface area contributed by atoms with Gasteiger partial charge in [0.05, 0.1) is 0 Å². The van der Waals surface area contributed by atoms with Crippen molar-refractivity contribution in [1.29, 1.82) is 0 Å². The van der Waals surface area contributed by atoms with E-state index in [0.717, 1.165) is 12.8 Å². The van der Waals surface area contributed by atoms with Crippen LogP contribution < -0.4 is 0 Å². The van der Waals surface area contributed by atoms with Gasteiger partial charge in [-0.3, -0.25) is 0 Å². The third-order valence-electron chi connectivity index (χ3n) is 4.99. The van der Waals surface area contributed by atoms with Crippen molar-refractivity contribution in [1.82, 2.24) is 0 Å². The van der Waals surface area contributed by atoms with Gasteiger partial charge in [-0.2, -0.15) is 0 Å². The van der Waals surface area contributed by atoms with Gasteiger partial charge in [-0.15, -0.1) is 0 Å². The van der Waals surface area contributed by atoms with Crippen molar-refractivity contribution in [2.45, 2.75) is 74.1 Å². The van der Waals surface area contributed by atoms with Crippen molar-refractivity contribution >= 4 is 0 Å². The fourth-order valence-electron chi connectivity index (χ4n) is 5.23. The first-order valence-electron chi connectivity index (χ1n) is 8.40. The molecule has 0 heteroatoms. The van der Waals surface area contributed by atoms with E-state index in [1.807, 2.05) is 0 Å². The van der Waals surface area contributed by atoms with E-state index in [9.17, 15) is 1.37 Å². The summed E-state index contributed by atoms with van der Waals surface area (Å²) in [5, 5.41) is 0. The number of rotatable bonds is 1. The van der Waals surface area contributed by atoms with E-state index in [2.05, 4.69) is 73.6 Å². The van der Waals surface area contributed by atoms with Crippen LogP contribution in [0.5, 0.6) is 0 Å². The first-order valence-corrected chi connectivity index (χ1v) is 7.90. The van der Waals surface area contributed by atoms with Crippen LogP contribution in [0, 0.1) is 30.1 Å². The molecule has 1 aromatic carbocycles. The third-order valence-corrected chi connectivity index (χ3v) is 4.99. The molecule has 1 aliphatic carbocycles. The van der Waals surface area contributed by atoms with Crippen molar-refractivity contribution in [3.8, 4) is 0 Å². The summed E-state index contributed by atoms with van der Waals surface area (Å²) in [4.78, 5) is 0. The van der Waals surface area contributed by atoms with Crippen LogP contribution in [0.3, 0.4) is 0 Å². The van der Waals surface area contributed by atoms with Crippen molar-refractivity contribution in [2.75, 3.05) is 0 Å². The molecule has 1 aromatic rings. The average molecular weight is 273 g/mol. The number of hydrogen-bond acceptors (Lipinski definition) is 0. The molecule has 2 rings (SSSR count). The third kappa shape index (κ3) is 2.80. The molecule has 0 bridgehead atoms. The Morgan fingerprint density at radius 1 is 0.900 bits per heavy atom. The molecule has 20 heavy (non-hydrogen) atoms. The van der Waals surface area contributed by atoms with Gasteiger partial charge in [-0.1, -0.05) is 59.7 Å². The fraction of sp³-hybridized carbons (Fsp3) is 0.700. The van der Waals surface area contributed by atoms with Crippen LogP contribution >= 0.6 is 0 Å². The molecule has 0 N–H and O–H groups in total. The summed E-state index contributed by atoms with van der Waals surface area (Å²) in [6, 6.07) is 6.63. The molecule has 112 valence electrons. The van der Waals surface area contributed by atoms with E-state index in [0.29, 0.717) is 5.41 Å². The molecular weight excluding hydrogens is 240 g/mol. The first kappa shape index (κ1) is 14.2. The molecular formula is C20H32. The summed E-state index contributed by atoms with van der Waals surface area (Å²) in [6.45, 7) is 18.2. The van der Waals surface area contributed by atoms with Gasteiger partial charge in [-0.05, 0) is 65.5 Å². The second-order valence-electron chi connectivity index (χ2n) is 8.96. The predicted molar refractivity (Wildman–Crippen MR) is 89.2 cm³/mol. The van der Waals surface area contributed by atoms with Crippen molar-refractivity contribution in [3.05, 3.63) is 34.9 Å². The molecule has 0 atom stereocenters. The molecule has 0 heterocycles. The maximum atomic E-state index is 9.51. The number of benzene rings is 1. The first-order chi connectivity index (χ1) is 9.32. The molecule has 1 aliphatic rings. The average Bonchev–Trinajstić information content (AvgIpc) is 2.26. The molecule has 0 amide bonds. The summed E-state index contributed by atoms with van der Waals surface area (Å²) >= 11 is 0. The van der Waals surface area contributed by atoms with E-state index < -0.39 is 5.89 Å². The second-order valence-corrected chi connectivity index (χ2v) is 8.96. The molecule has 1 saturated carbocycles. The lowest BCUT2D eigenvalue weighted by atomic mass is 9.49. The van der Waals surface area contributed by atoms with E-state index in [1.165, 1.54) is 16.7 Å². The van der Waals surface area contributed by atoms with Crippen LogP contribution in [0.15, 0.2) is 18.2 Å². The van der Waals surface area contributed by atoms with Crippen molar-refractivity contribution < 1.29 is 1.37 Å². The molecule has 0 nitrogen and oxygen atoms in total. The zero-order chi connectivity index (χ0) is 16.3.